The van der Waals surface area contributed by atoms with Gasteiger partial charge in [0, 0.05) is 21.1 Å². The molecule has 3 amide bonds. The number of amides is 3. The van der Waals surface area contributed by atoms with Crippen LogP contribution in [0.25, 0.3) is 0 Å². The molecular formula is C14H10IN3O3. The first kappa shape index (κ1) is 14.0. The molecule has 7 heteroatoms. The van der Waals surface area contributed by atoms with E-state index in [-0.39, 0.29) is 24.7 Å². The lowest BCUT2D eigenvalue weighted by Crippen LogP contribution is -2.53. The molecule has 2 unspecified atom stereocenters. The summed E-state index contributed by atoms with van der Waals surface area (Å²) < 4.78 is 0.921. The summed E-state index contributed by atoms with van der Waals surface area (Å²) in [5.41, 5.74) is 1.07. The Morgan fingerprint density at radius 1 is 1.33 bits per heavy atom. The number of nitrogens with zero attached hydrogens (tertiary/aromatic N) is 2. The molecule has 1 aromatic rings. The molecule has 0 spiro atoms. The van der Waals surface area contributed by atoms with E-state index in [2.05, 4.69) is 34.0 Å². The SMILES string of the molecule is N#CC1c2cc(I)ccc2C(=O)N1C1CCC(=O)NC1=O. The van der Waals surface area contributed by atoms with Gasteiger partial charge >= 0.3 is 0 Å². The second kappa shape index (κ2) is 5.11. The molecule has 2 aliphatic heterocycles. The van der Waals surface area contributed by atoms with Gasteiger partial charge in [-0.1, -0.05) is 0 Å². The lowest BCUT2D eigenvalue weighted by Gasteiger charge is -2.31. The van der Waals surface area contributed by atoms with Crippen molar-refractivity contribution < 1.29 is 14.4 Å². The van der Waals surface area contributed by atoms with Crippen molar-refractivity contribution in [1.29, 1.82) is 5.26 Å². The topological polar surface area (TPSA) is 90.3 Å². The van der Waals surface area contributed by atoms with Gasteiger partial charge in [-0.2, -0.15) is 5.26 Å². The molecule has 3 rings (SSSR count). The summed E-state index contributed by atoms with van der Waals surface area (Å²) in [4.78, 5) is 37.0. The standard InChI is InChI=1S/C14H10IN3O3/c15-7-1-2-8-9(5-7)11(6-16)18(14(8)21)10-3-4-12(19)17-13(10)20/h1-2,5,10-11H,3-4H2,(H,17,19,20). The zero-order chi connectivity index (χ0) is 15.1. The zero-order valence-electron chi connectivity index (χ0n) is 10.8. The van der Waals surface area contributed by atoms with E-state index in [0.717, 1.165) is 3.57 Å². The van der Waals surface area contributed by atoms with Crippen LogP contribution in [0, 0.1) is 14.9 Å². The van der Waals surface area contributed by atoms with E-state index in [1.165, 1.54) is 4.90 Å². The first-order chi connectivity index (χ1) is 10.0. The fraction of sp³-hybridized carbons (Fsp3) is 0.286. The van der Waals surface area contributed by atoms with Gasteiger partial charge in [0.05, 0.1) is 6.07 Å². The fourth-order valence-electron chi connectivity index (χ4n) is 2.76. The average Bonchev–Trinajstić information content (AvgIpc) is 2.71. The zero-order valence-corrected chi connectivity index (χ0v) is 13.0. The summed E-state index contributed by atoms with van der Waals surface area (Å²) in [6, 6.07) is 5.79. The van der Waals surface area contributed by atoms with Gasteiger partial charge in [-0.05, 0) is 47.2 Å². The molecule has 0 radical (unpaired) electrons. The molecule has 1 aromatic carbocycles. The van der Waals surface area contributed by atoms with Crippen LogP contribution in [0.2, 0.25) is 0 Å². The van der Waals surface area contributed by atoms with Crippen molar-refractivity contribution in [3.8, 4) is 6.07 Å². The van der Waals surface area contributed by atoms with Crippen molar-refractivity contribution in [1.82, 2.24) is 10.2 Å². The van der Waals surface area contributed by atoms with Gasteiger partial charge in [0.2, 0.25) is 11.8 Å². The van der Waals surface area contributed by atoms with E-state index in [1.807, 2.05) is 0 Å². The van der Waals surface area contributed by atoms with Gasteiger partial charge in [-0.25, -0.2) is 0 Å². The Labute approximate surface area is 134 Å². The minimum Gasteiger partial charge on any atom is -0.306 e. The van der Waals surface area contributed by atoms with Crippen molar-refractivity contribution in [3.63, 3.8) is 0 Å². The van der Waals surface area contributed by atoms with Crippen LogP contribution in [0.3, 0.4) is 0 Å². The van der Waals surface area contributed by atoms with Crippen LogP contribution < -0.4 is 5.32 Å². The predicted molar refractivity (Wildman–Crippen MR) is 79.9 cm³/mol. The third-order valence-electron chi connectivity index (χ3n) is 3.72. The minimum atomic E-state index is -0.786. The number of carbonyl (C=O) groups excluding carboxylic acids is 3. The Bertz CT molecular complexity index is 710. The number of hydrogen-bond donors (Lipinski definition) is 1. The van der Waals surface area contributed by atoms with E-state index in [9.17, 15) is 19.6 Å². The molecule has 1 fully saturated rings. The highest BCUT2D eigenvalue weighted by Crippen LogP contribution is 2.37. The van der Waals surface area contributed by atoms with Crippen LogP contribution in [-0.4, -0.2) is 28.7 Å². The van der Waals surface area contributed by atoms with Crippen LogP contribution in [-0.2, 0) is 9.59 Å². The molecule has 0 bridgehead atoms. The highest BCUT2D eigenvalue weighted by molar-refractivity contribution is 14.1. The molecule has 2 atom stereocenters. The van der Waals surface area contributed by atoms with Gasteiger partial charge in [-0.15, -0.1) is 0 Å². The monoisotopic (exact) mass is 395 g/mol. The molecular weight excluding hydrogens is 385 g/mol. The number of rotatable bonds is 1. The first-order valence-electron chi connectivity index (χ1n) is 6.38. The van der Waals surface area contributed by atoms with Gasteiger partial charge in [-0.3, -0.25) is 19.7 Å². The Morgan fingerprint density at radius 3 is 2.76 bits per heavy atom. The van der Waals surface area contributed by atoms with E-state index in [4.69, 9.17) is 0 Å². The summed E-state index contributed by atoms with van der Waals surface area (Å²) in [6.07, 6.45) is 0.423. The third kappa shape index (κ3) is 2.19. The average molecular weight is 395 g/mol. The molecule has 1 N–H and O–H groups in total. The maximum absolute atomic E-state index is 12.5. The lowest BCUT2D eigenvalue weighted by molar-refractivity contribution is -0.137. The molecule has 106 valence electrons. The summed E-state index contributed by atoms with van der Waals surface area (Å²) in [5.74, 6) is -1.19. The number of fused-ring (bicyclic) bond motifs is 1. The number of imide groups is 1. The number of nitrogens with one attached hydrogen (secondary N) is 1. The molecule has 0 aromatic heterocycles. The number of piperidine rings is 1. The quantitative estimate of drug-likeness (QED) is 0.570. The number of nitriles is 1. The van der Waals surface area contributed by atoms with Crippen molar-refractivity contribution >= 4 is 40.3 Å². The molecule has 2 heterocycles. The molecule has 2 aliphatic rings. The van der Waals surface area contributed by atoms with Crippen LogP contribution in [0.4, 0.5) is 0 Å². The number of carbonyl (C=O) groups is 3. The Hall–Kier alpha value is -1.95. The third-order valence-corrected chi connectivity index (χ3v) is 4.39. The number of hydrogen-bond acceptors (Lipinski definition) is 4. The number of benzene rings is 1. The predicted octanol–water partition coefficient (Wildman–Crippen LogP) is 1.12. The van der Waals surface area contributed by atoms with Gasteiger partial charge in [0.1, 0.15) is 12.1 Å². The normalized spacial score (nSPS) is 24.6. The van der Waals surface area contributed by atoms with E-state index in [1.54, 1.807) is 18.2 Å². The van der Waals surface area contributed by atoms with Crippen LogP contribution in [0.5, 0.6) is 0 Å². The van der Waals surface area contributed by atoms with Gasteiger partial charge in [0.15, 0.2) is 0 Å². The molecule has 1 saturated heterocycles. The molecule has 21 heavy (non-hydrogen) atoms. The Morgan fingerprint density at radius 2 is 2.10 bits per heavy atom. The largest absolute Gasteiger partial charge is 0.306 e. The van der Waals surface area contributed by atoms with Crippen LogP contribution in [0.15, 0.2) is 18.2 Å². The minimum absolute atomic E-state index is 0.173. The molecule has 0 saturated carbocycles. The van der Waals surface area contributed by atoms with Gasteiger partial charge in [0.25, 0.3) is 5.91 Å². The summed E-state index contributed by atoms with van der Waals surface area (Å²) in [5, 5.41) is 11.6. The summed E-state index contributed by atoms with van der Waals surface area (Å²) in [7, 11) is 0. The van der Waals surface area contributed by atoms with E-state index in [0.29, 0.717) is 11.1 Å². The highest BCUT2D eigenvalue weighted by atomic mass is 127. The van der Waals surface area contributed by atoms with E-state index < -0.39 is 18.0 Å². The smallest absolute Gasteiger partial charge is 0.256 e. The first-order valence-corrected chi connectivity index (χ1v) is 7.46. The van der Waals surface area contributed by atoms with Crippen LogP contribution >= 0.6 is 22.6 Å². The van der Waals surface area contributed by atoms with E-state index >= 15 is 0 Å². The lowest BCUT2D eigenvalue weighted by atomic mass is 10.0. The Balaban J connectivity index is 2.01. The summed E-state index contributed by atoms with van der Waals surface area (Å²) >= 11 is 2.11. The summed E-state index contributed by atoms with van der Waals surface area (Å²) in [6.45, 7) is 0. The molecule has 6 nitrogen and oxygen atoms in total. The molecule has 0 aliphatic carbocycles. The second-order valence-corrected chi connectivity index (χ2v) is 6.19. The maximum Gasteiger partial charge on any atom is 0.256 e. The van der Waals surface area contributed by atoms with Crippen molar-refractivity contribution in [2.45, 2.75) is 24.9 Å². The maximum atomic E-state index is 12.5. The van der Waals surface area contributed by atoms with Crippen molar-refractivity contribution in [2.75, 3.05) is 0 Å². The second-order valence-electron chi connectivity index (χ2n) is 4.94. The van der Waals surface area contributed by atoms with Gasteiger partial charge < -0.3 is 4.90 Å². The highest BCUT2D eigenvalue weighted by Gasteiger charge is 2.45. The Kier molecular flexibility index (Phi) is 3.41. The van der Waals surface area contributed by atoms with Crippen molar-refractivity contribution in [3.05, 3.63) is 32.9 Å². The van der Waals surface area contributed by atoms with Crippen LogP contribution in [0.1, 0.15) is 34.8 Å². The van der Waals surface area contributed by atoms with Crippen molar-refractivity contribution in [2.24, 2.45) is 0 Å². The fourth-order valence-corrected chi connectivity index (χ4v) is 3.28. The number of halogens is 1.